The highest BCUT2D eigenvalue weighted by atomic mass is 32.2. The summed E-state index contributed by atoms with van der Waals surface area (Å²) in [6.45, 7) is 1.93. The van der Waals surface area contributed by atoms with Gasteiger partial charge in [0.2, 0.25) is 5.91 Å². The molecule has 1 unspecified atom stereocenters. The Morgan fingerprint density at radius 1 is 0.778 bits per heavy atom. The molecule has 9 nitrogen and oxygen atoms in total. The first-order chi connectivity index (χ1) is 21.8. The van der Waals surface area contributed by atoms with Gasteiger partial charge in [0, 0.05) is 27.8 Å². The minimum Gasteiger partial charge on any atom is -0.497 e. The maximum atomic E-state index is 13.6. The monoisotopic (exact) mass is 625 g/mol. The number of methoxy groups -OCH3 is 3. The molecule has 0 radical (unpaired) electrons. The van der Waals surface area contributed by atoms with E-state index in [0.29, 0.717) is 46.2 Å². The second kappa shape index (κ2) is 16.0. The number of anilines is 2. The summed E-state index contributed by atoms with van der Waals surface area (Å²) in [5, 5.41) is 8.14. The van der Waals surface area contributed by atoms with Crippen LogP contribution in [-0.4, -0.2) is 44.3 Å². The molecule has 0 aromatic heterocycles. The molecule has 232 valence electrons. The number of hydrogen-bond donors (Lipinski definition) is 3. The molecule has 1 atom stereocenters. The normalized spacial score (nSPS) is 11.6. The van der Waals surface area contributed by atoms with Crippen molar-refractivity contribution in [1.29, 1.82) is 0 Å². The van der Waals surface area contributed by atoms with Gasteiger partial charge >= 0.3 is 0 Å². The Kier molecular flexibility index (Phi) is 11.6. The van der Waals surface area contributed by atoms with Gasteiger partial charge in [-0.1, -0.05) is 49.4 Å². The smallest absolute Gasteiger partial charge is 0.272 e. The number of hydrogen-bond acceptors (Lipinski definition) is 7. The van der Waals surface area contributed by atoms with Crippen molar-refractivity contribution in [2.24, 2.45) is 0 Å². The Bertz CT molecular complexity index is 1680. The van der Waals surface area contributed by atoms with Crippen LogP contribution in [0.1, 0.15) is 29.3 Å². The molecule has 0 spiro atoms. The van der Waals surface area contributed by atoms with Crippen molar-refractivity contribution < 1.29 is 28.6 Å². The van der Waals surface area contributed by atoms with Crippen LogP contribution in [0, 0.1) is 0 Å². The Balaban J connectivity index is 1.52. The number of ether oxygens (including phenoxy) is 3. The minimum absolute atomic E-state index is 0.0330. The summed E-state index contributed by atoms with van der Waals surface area (Å²) < 4.78 is 16.1. The maximum Gasteiger partial charge on any atom is 0.272 e. The van der Waals surface area contributed by atoms with E-state index in [0.717, 1.165) is 4.90 Å². The number of thioether (sulfide) groups is 1. The minimum atomic E-state index is -0.524. The molecule has 0 fully saturated rings. The van der Waals surface area contributed by atoms with E-state index >= 15 is 0 Å². The average molecular weight is 626 g/mol. The predicted octanol–water partition coefficient (Wildman–Crippen LogP) is 6.63. The lowest BCUT2D eigenvalue weighted by Gasteiger charge is -2.17. The van der Waals surface area contributed by atoms with Gasteiger partial charge in [-0.2, -0.15) is 0 Å². The van der Waals surface area contributed by atoms with Crippen molar-refractivity contribution in [1.82, 2.24) is 5.32 Å². The molecule has 3 N–H and O–H groups in total. The van der Waals surface area contributed by atoms with Crippen LogP contribution in [0.25, 0.3) is 6.08 Å². The lowest BCUT2D eigenvalue weighted by Crippen LogP contribution is -2.30. The highest BCUT2D eigenvalue weighted by Gasteiger charge is 2.21. The number of para-hydroxylation sites is 1. The predicted molar refractivity (Wildman–Crippen MR) is 178 cm³/mol. The number of rotatable bonds is 13. The van der Waals surface area contributed by atoms with Crippen molar-refractivity contribution >= 4 is 46.9 Å². The van der Waals surface area contributed by atoms with Crippen LogP contribution in [0.2, 0.25) is 0 Å². The molecule has 0 aliphatic heterocycles. The van der Waals surface area contributed by atoms with Gasteiger partial charge in [-0.05, 0) is 61.0 Å². The number of carbonyl (C=O) groups is 3. The van der Waals surface area contributed by atoms with Crippen LogP contribution in [-0.2, 0) is 9.59 Å². The van der Waals surface area contributed by atoms with Crippen LogP contribution < -0.4 is 30.2 Å². The van der Waals surface area contributed by atoms with E-state index in [-0.39, 0.29) is 11.6 Å². The van der Waals surface area contributed by atoms with E-state index in [1.165, 1.54) is 26.0 Å². The third kappa shape index (κ3) is 8.90. The maximum absolute atomic E-state index is 13.6. The lowest BCUT2D eigenvalue weighted by molar-refractivity contribution is -0.116. The molecule has 3 amide bonds. The zero-order valence-corrected chi connectivity index (χ0v) is 26.3. The lowest BCUT2D eigenvalue weighted by atomic mass is 10.1. The first kappa shape index (κ1) is 32.7. The molecular weight excluding hydrogens is 590 g/mol. The van der Waals surface area contributed by atoms with E-state index in [4.69, 9.17) is 14.2 Å². The van der Waals surface area contributed by atoms with Gasteiger partial charge in [-0.15, -0.1) is 11.8 Å². The van der Waals surface area contributed by atoms with Gasteiger partial charge in [0.15, 0.2) is 0 Å². The van der Waals surface area contributed by atoms with Crippen LogP contribution in [0.3, 0.4) is 0 Å². The van der Waals surface area contributed by atoms with E-state index < -0.39 is 17.1 Å². The topological polar surface area (TPSA) is 115 Å². The molecule has 0 aliphatic rings. The van der Waals surface area contributed by atoms with Crippen LogP contribution in [0.15, 0.2) is 108 Å². The van der Waals surface area contributed by atoms with Crippen molar-refractivity contribution in [3.8, 4) is 17.2 Å². The van der Waals surface area contributed by atoms with Gasteiger partial charge < -0.3 is 30.2 Å². The summed E-state index contributed by atoms with van der Waals surface area (Å²) in [6.07, 6.45) is 2.13. The second-order valence-electron chi connectivity index (χ2n) is 9.67. The van der Waals surface area contributed by atoms with Gasteiger partial charge in [0.1, 0.15) is 22.9 Å². The van der Waals surface area contributed by atoms with Gasteiger partial charge in [0.25, 0.3) is 11.8 Å². The first-order valence-corrected chi connectivity index (χ1v) is 15.0. The molecular formula is C35H35N3O6S. The molecule has 0 heterocycles. The fraction of sp³-hybridized carbons (Fsp3) is 0.171. The zero-order chi connectivity index (χ0) is 32.2. The molecule has 0 saturated heterocycles. The molecule has 4 rings (SSSR count). The van der Waals surface area contributed by atoms with Gasteiger partial charge in [-0.25, -0.2) is 0 Å². The fourth-order valence-corrected chi connectivity index (χ4v) is 5.34. The van der Waals surface area contributed by atoms with Crippen molar-refractivity contribution in [3.63, 3.8) is 0 Å². The van der Waals surface area contributed by atoms with Crippen molar-refractivity contribution in [2.45, 2.75) is 23.5 Å². The standard InChI is InChI=1S/C35H35N3O6S/c1-5-32(35(41)37-28-19-18-26(42-2)22-31(28)44-4)45-27-16-11-15-25(21-27)36-34(40)29(20-24-14-9-10-17-30(24)43-3)38-33(39)23-12-7-6-8-13-23/h6-22,32H,5H2,1-4H3,(H,36,40)(H,37,41)(H,38,39)/b29-20+. The number of nitrogens with one attached hydrogen (secondary N) is 3. The summed E-state index contributed by atoms with van der Waals surface area (Å²) in [5.74, 6) is 0.511. The summed E-state index contributed by atoms with van der Waals surface area (Å²) in [6, 6.07) is 28.2. The van der Waals surface area contributed by atoms with Gasteiger partial charge in [0.05, 0.1) is 32.3 Å². The summed E-state index contributed by atoms with van der Waals surface area (Å²) >= 11 is 1.37. The summed E-state index contributed by atoms with van der Waals surface area (Å²) in [4.78, 5) is 40.6. The Morgan fingerprint density at radius 2 is 1.51 bits per heavy atom. The number of benzene rings is 4. The molecule has 0 bridgehead atoms. The van der Waals surface area contributed by atoms with E-state index in [1.807, 2.05) is 31.2 Å². The van der Waals surface area contributed by atoms with Crippen molar-refractivity contribution in [2.75, 3.05) is 32.0 Å². The molecule has 0 aliphatic carbocycles. The third-order valence-corrected chi connectivity index (χ3v) is 8.03. The van der Waals surface area contributed by atoms with Crippen molar-refractivity contribution in [3.05, 3.63) is 114 Å². The Labute approximate surface area is 267 Å². The van der Waals surface area contributed by atoms with Crippen LogP contribution in [0.5, 0.6) is 17.2 Å². The van der Waals surface area contributed by atoms with E-state index in [9.17, 15) is 14.4 Å². The van der Waals surface area contributed by atoms with Crippen LogP contribution in [0.4, 0.5) is 11.4 Å². The molecule has 4 aromatic rings. The highest BCUT2D eigenvalue weighted by Crippen LogP contribution is 2.32. The highest BCUT2D eigenvalue weighted by molar-refractivity contribution is 8.00. The van der Waals surface area contributed by atoms with E-state index in [2.05, 4.69) is 16.0 Å². The number of carbonyl (C=O) groups excluding carboxylic acids is 3. The molecule has 10 heteroatoms. The fourth-order valence-electron chi connectivity index (χ4n) is 4.33. The quantitative estimate of drug-likeness (QED) is 0.113. The zero-order valence-electron chi connectivity index (χ0n) is 25.5. The molecule has 4 aromatic carbocycles. The largest absolute Gasteiger partial charge is 0.497 e. The molecule has 45 heavy (non-hydrogen) atoms. The molecule has 0 saturated carbocycles. The van der Waals surface area contributed by atoms with Gasteiger partial charge in [-0.3, -0.25) is 14.4 Å². The summed E-state index contributed by atoms with van der Waals surface area (Å²) in [7, 11) is 4.63. The SMILES string of the molecule is CCC(Sc1cccc(NC(=O)/C(=C\c2ccccc2OC)NC(=O)c2ccccc2)c1)C(=O)Nc1ccc(OC)cc1OC. The Morgan fingerprint density at radius 3 is 2.22 bits per heavy atom. The number of amides is 3. The first-order valence-electron chi connectivity index (χ1n) is 14.2. The third-order valence-electron chi connectivity index (χ3n) is 6.67. The summed E-state index contributed by atoms with van der Waals surface area (Å²) in [5.41, 5.74) is 2.09. The Hall–Kier alpha value is -5.22. The second-order valence-corrected chi connectivity index (χ2v) is 10.9. The van der Waals surface area contributed by atoms with Crippen LogP contribution >= 0.6 is 11.8 Å². The van der Waals surface area contributed by atoms with E-state index in [1.54, 1.807) is 86.0 Å². The average Bonchev–Trinajstić information content (AvgIpc) is 3.07.